The van der Waals surface area contributed by atoms with E-state index in [0.717, 1.165) is 16.7 Å². The van der Waals surface area contributed by atoms with Crippen LogP contribution in [0.4, 0.5) is 0 Å². The summed E-state index contributed by atoms with van der Waals surface area (Å²) in [6, 6.07) is 3.87. The number of carboxylic acids is 1. The summed E-state index contributed by atoms with van der Waals surface area (Å²) in [6.45, 7) is 4.15. The Hall–Kier alpha value is -2.04. The first-order valence-corrected chi connectivity index (χ1v) is 5.56. The third-order valence-electron chi connectivity index (χ3n) is 2.57. The molecule has 0 saturated heterocycles. The van der Waals surface area contributed by atoms with Gasteiger partial charge in [-0.05, 0) is 31.0 Å². The van der Waals surface area contributed by atoms with Crippen molar-refractivity contribution in [3.05, 3.63) is 28.8 Å². The van der Waals surface area contributed by atoms with Gasteiger partial charge in [-0.3, -0.25) is 9.59 Å². The molecular weight excluding hydrogens is 234 g/mol. The van der Waals surface area contributed by atoms with Crippen molar-refractivity contribution in [1.82, 2.24) is 5.32 Å². The van der Waals surface area contributed by atoms with E-state index in [1.54, 1.807) is 7.11 Å². The SMILES string of the molecule is COc1cc(C)cc(C)c1CNC(=O)CC(=O)O. The van der Waals surface area contributed by atoms with Gasteiger partial charge >= 0.3 is 5.97 Å². The minimum absolute atomic E-state index is 0.265. The van der Waals surface area contributed by atoms with Crippen molar-refractivity contribution in [1.29, 1.82) is 0 Å². The van der Waals surface area contributed by atoms with Crippen LogP contribution in [0.2, 0.25) is 0 Å². The third-order valence-corrected chi connectivity index (χ3v) is 2.57. The Labute approximate surface area is 106 Å². The molecule has 0 fully saturated rings. The van der Waals surface area contributed by atoms with Crippen LogP contribution in [0, 0.1) is 13.8 Å². The average Bonchev–Trinajstić information content (AvgIpc) is 2.25. The molecule has 0 spiro atoms. The zero-order chi connectivity index (χ0) is 13.7. The van der Waals surface area contributed by atoms with Gasteiger partial charge in [-0.25, -0.2) is 0 Å². The molecule has 5 heteroatoms. The number of ether oxygens (including phenoxy) is 1. The fourth-order valence-corrected chi connectivity index (χ4v) is 1.75. The predicted octanol–water partition coefficient (Wildman–Crippen LogP) is 1.40. The van der Waals surface area contributed by atoms with Crippen molar-refractivity contribution < 1.29 is 19.4 Å². The molecule has 0 radical (unpaired) electrons. The van der Waals surface area contributed by atoms with E-state index in [0.29, 0.717) is 5.75 Å². The number of nitrogens with one attached hydrogen (secondary N) is 1. The molecule has 2 N–H and O–H groups in total. The summed E-state index contributed by atoms with van der Waals surface area (Å²) >= 11 is 0. The summed E-state index contributed by atoms with van der Waals surface area (Å²) in [4.78, 5) is 21.6. The van der Waals surface area contributed by atoms with Gasteiger partial charge in [0.1, 0.15) is 12.2 Å². The second-order valence-electron chi connectivity index (χ2n) is 4.11. The molecule has 98 valence electrons. The number of aliphatic carboxylic acids is 1. The monoisotopic (exact) mass is 251 g/mol. The van der Waals surface area contributed by atoms with Gasteiger partial charge in [0.05, 0.1) is 7.11 Å². The molecule has 0 saturated carbocycles. The summed E-state index contributed by atoms with van der Waals surface area (Å²) in [7, 11) is 1.57. The molecule has 0 aromatic heterocycles. The molecule has 1 aromatic rings. The minimum Gasteiger partial charge on any atom is -0.496 e. The molecule has 0 aliphatic carbocycles. The lowest BCUT2D eigenvalue weighted by Crippen LogP contribution is -2.25. The van der Waals surface area contributed by atoms with Gasteiger partial charge in [-0.2, -0.15) is 0 Å². The molecule has 1 amide bonds. The van der Waals surface area contributed by atoms with Crippen molar-refractivity contribution in [2.45, 2.75) is 26.8 Å². The van der Waals surface area contributed by atoms with Crippen LogP contribution in [0.5, 0.6) is 5.75 Å². The average molecular weight is 251 g/mol. The van der Waals surface area contributed by atoms with Gasteiger partial charge in [0.2, 0.25) is 5.91 Å². The number of carbonyl (C=O) groups is 2. The zero-order valence-corrected chi connectivity index (χ0v) is 10.7. The Morgan fingerprint density at radius 2 is 2.00 bits per heavy atom. The molecule has 5 nitrogen and oxygen atoms in total. The van der Waals surface area contributed by atoms with Crippen LogP contribution in [-0.2, 0) is 16.1 Å². The number of hydrogen-bond acceptors (Lipinski definition) is 3. The van der Waals surface area contributed by atoms with E-state index in [2.05, 4.69) is 5.32 Å². The highest BCUT2D eigenvalue weighted by Crippen LogP contribution is 2.23. The van der Waals surface area contributed by atoms with Gasteiger partial charge in [0.25, 0.3) is 0 Å². The maximum Gasteiger partial charge on any atom is 0.312 e. The van der Waals surface area contributed by atoms with E-state index in [1.807, 2.05) is 26.0 Å². The van der Waals surface area contributed by atoms with Gasteiger partial charge in [-0.1, -0.05) is 6.07 Å². The number of benzene rings is 1. The number of amides is 1. The Morgan fingerprint density at radius 3 is 2.56 bits per heavy atom. The lowest BCUT2D eigenvalue weighted by Gasteiger charge is -2.13. The highest BCUT2D eigenvalue weighted by atomic mass is 16.5. The second kappa shape index (κ2) is 6.05. The Bertz CT molecular complexity index is 468. The maximum absolute atomic E-state index is 11.3. The van der Waals surface area contributed by atoms with E-state index < -0.39 is 18.3 Å². The van der Waals surface area contributed by atoms with Crippen LogP contribution in [0.1, 0.15) is 23.1 Å². The molecule has 1 rings (SSSR count). The topological polar surface area (TPSA) is 75.6 Å². The van der Waals surface area contributed by atoms with Crippen molar-refractivity contribution in [2.24, 2.45) is 0 Å². The highest BCUT2D eigenvalue weighted by Gasteiger charge is 2.11. The van der Waals surface area contributed by atoms with E-state index in [1.165, 1.54) is 0 Å². The second-order valence-corrected chi connectivity index (χ2v) is 4.11. The predicted molar refractivity (Wildman–Crippen MR) is 66.6 cm³/mol. The molecular formula is C13H17NO4. The van der Waals surface area contributed by atoms with Crippen LogP contribution in [-0.4, -0.2) is 24.1 Å². The molecule has 0 heterocycles. The molecule has 0 bridgehead atoms. The van der Waals surface area contributed by atoms with E-state index in [4.69, 9.17) is 9.84 Å². The molecule has 0 atom stereocenters. The number of hydrogen-bond donors (Lipinski definition) is 2. The Balaban J connectivity index is 2.78. The summed E-state index contributed by atoms with van der Waals surface area (Å²) in [6.07, 6.45) is -0.521. The maximum atomic E-state index is 11.3. The smallest absolute Gasteiger partial charge is 0.312 e. The lowest BCUT2D eigenvalue weighted by atomic mass is 10.0. The first kappa shape index (κ1) is 14.0. The normalized spacial score (nSPS) is 9.94. The number of carboxylic acid groups (broad SMARTS) is 1. The van der Waals surface area contributed by atoms with Crippen molar-refractivity contribution in [2.75, 3.05) is 7.11 Å². The van der Waals surface area contributed by atoms with Crippen molar-refractivity contribution >= 4 is 11.9 Å². The number of aryl methyl sites for hydroxylation is 2. The lowest BCUT2D eigenvalue weighted by molar-refractivity contribution is -0.140. The highest BCUT2D eigenvalue weighted by molar-refractivity contribution is 5.93. The third kappa shape index (κ3) is 3.76. The number of carbonyl (C=O) groups excluding carboxylic acids is 1. The van der Waals surface area contributed by atoms with Crippen LogP contribution in [0.25, 0.3) is 0 Å². The largest absolute Gasteiger partial charge is 0.496 e. The molecule has 1 aromatic carbocycles. The first-order chi connectivity index (χ1) is 8.43. The minimum atomic E-state index is -1.14. The number of rotatable bonds is 5. The van der Waals surface area contributed by atoms with Gasteiger partial charge in [-0.15, -0.1) is 0 Å². The Kier molecular flexibility index (Phi) is 4.71. The standard InChI is InChI=1S/C13H17NO4/c1-8-4-9(2)10(11(5-8)18-3)7-14-12(15)6-13(16)17/h4-5H,6-7H2,1-3H3,(H,14,15)(H,16,17). The van der Waals surface area contributed by atoms with Gasteiger partial charge in [0, 0.05) is 12.1 Å². The molecule has 0 aliphatic heterocycles. The fourth-order valence-electron chi connectivity index (χ4n) is 1.75. The van der Waals surface area contributed by atoms with Crippen LogP contribution < -0.4 is 10.1 Å². The van der Waals surface area contributed by atoms with E-state index in [-0.39, 0.29) is 6.54 Å². The van der Waals surface area contributed by atoms with Crippen LogP contribution >= 0.6 is 0 Å². The van der Waals surface area contributed by atoms with Gasteiger partial charge < -0.3 is 15.2 Å². The first-order valence-electron chi connectivity index (χ1n) is 5.56. The number of methoxy groups -OCH3 is 1. The van der Waals surface area contributed by atoms with Crippen LogP contribution in [0.3, 0.4) is 0 Å². The Morgan fingerprint density at radius 1 is 1.33 bits per heavy atom. The van der Waals surface area contributed by atoms with Crippen LogP contribution in [0.15, 0.2) is 12.1 Å². The van der Waals surface area contributed by atoms with Crippen molar-refractivity contribution in [3.63, 3.8) is 0 Å². The molecule has 0 aliphatic rings. The summed E-state index contributed by atoms with van der Waals surface area (Å²) in [5.41, 5.74) is 2.94. The summed E-state index contributed by atoms with van der Waals surface area (Å²) < 4.78 is 5.25. The summed E-state index contributed by atoms with van der Waals surface area (Å²) in [5, 5.41) is 11.1. The van der Waals surface area contributed by atoms with Gasteiger partial charge in [0.15, 0.2) is 0 Å². The van der Waals surface area contributed by atoms with E-state index in [9.17, 15) is 9.59 Å². The molecule has 0 unspecified atom stereocenters. The van der Waals surface area contributed by atoms with Crippen molar-refractivity contribution in [3.8, 4) is 5.75 Å². The summed E-state index contributed by atoms with van der Waals surface area (Å²) in [5.74, 6) is -0.951. The fraction of sp³-hybridized carbons (Fsp3) is 0.385. The quantitative estimate of drug-likeness (QED) is 0.776. The van der Waals surface area contributed by atoms with E-state index >= 15 is 0 Å². The molecule has 18 heavy (non-hydrogen) atoms. The zero-order valence-electron chi connectivity index (χ0n) is 10.7.